The van der Waals surface area contributed by atoms with E-state index in [1.165, 1.54) is 31.2 Å². The standard InChI is InChI=1S/C16H14N4O3/c1-11(17)15(16(21)12-5-3-2-4-6-12)19-18-13-7-9-14(10-8-13)20(22)23/h2-10,17-18H,1H3/b17-11?,19-15-. The molecule has 0 aliphatic carbocycles. The molecule has 7 heteroatoms. The number of Topliss-reactive ketones (excluding diaryl/α,β-unsaturated/α-hetero) is 1. The molecule has 116 valence electrons. The van der Waals surface area contributed by atoms with Crippen molar-refractivity contribution in [1.29, 1.82) is 5.41 Å². The molecule has 0 aliphatic heterocycles. The molecule has 2 N–H and O–H groups in total. The van der Waals surface area contributed by atoms with Crippen LogP contribution in [0.1, 0.15) is 17.3 Å². The van der Waals surface area contributed by atoms with Crippen molar-refractivity contribution in [2.45, 2.75) is 6.92 Å². The smallest absolute Gasteiger partial charge is 0.269 e. The molecule has 0 amide bonds. The zero-order valence-electron chi connectivity index (χ0n) is 12.3. The molecule has 2 aromatic rings. The van der Waals surface area contributed by atoms with Gasteiger partial charge in [0.25, 0.3) is 5.69 Å². The number of nitro groups is 1. The molecular weight excluding hydrogens is 296 g/mol. The fourth-order valence-electron chi connectivity index (χ4n) is 1.81. The lowest BCUT2D eigenvalue weighted by Gasteiger charge is -2.06. The van der Waals surface area contributed by atoms with E-state index >= 15 is 0 Å². The first kappa shape index (κ1) is 16.0. The van der Waals surface area contributed by atoms with E-state index in [0.717, 1.165) is 0 Å². The van der Waals surface area contributed by atoms with Gasteiger partial charge in [-0.25, -0.2) is 0 Å². The minimum Gasteiger partial charge on any atom is -0.303 e. The largest absolute Gasteiger partial charge is 0.303 e. The van der Waals surface area contributed by atoms with Gasteiger partial charge in [0.15, 0.2) is 5.71 Å². The summed E-state index contributed by atoms with van der Waals surface area (Å²) >= 11 is 0. The Labute approximate surface area is 132 Å². The van der Waals surface area contributed by atoms with Gasteiger partial charge >= 0.3 is 0 Å². The summed E-state index contributed by atoms with van der Waals surface area (Å²) in [5.74, 6) is -0.368. The molecule has 0 saturated carbocycles. The van der Waals surface area contributed by atoms with Gasteiger partial charge in [-0.15, -0.1) is 0 Å². The molecule has 0 atom stereocenters. The third-order valence-electron chi connectivity index (χ3n) is 2.98. The number of nitrogens with one attached hydrogen (secondary N) is 2. The van der Waals surface area contributed by atoms with Crippen LogP contribution in [0.15, 0.2) is 59.7 Å². The molecule has 2 rings (SSSR count). The highest BCUT2D eigenvalue weighted by atomic mass is 16.6. The average Bonchev–Trinajstić information content (AvgIpc) is 2.55. The van der Waals surface area contributed by atoms with Crippen LogP contribution in [-0.2, 0) is 0 Å². The van der Waals surface area contributed by atoms with Crippen molar-refractivity contribution >= 4 is 28.6 Å². The summed E-state index contributed by atoms with van der Waals surface area (Å²) in [5, 5.41) is 22.3. The van der Waals surface area contributed by atoms with E-state index in [9.17, 15) is 14.9 Å². The van der Waals surface area contributed by atoms with Crippen molar-refractivity contribution in [2.24, 2.45) is 5.10 Å². The average molecular weight is 310 g/mol. The van der Waals surface area contributed by atoms with Crippen molar-refractivity contribution in [2.75, 3.05) is 5.43 Å². The third kappa shape index (κ3) is 4.07. The van der Waals surface area contributed by atoms with Crippen molar-refractivity contribution in [1.82, 2.24) is 0 Å². The number of rotatable bonds is 6. The van der Waals surface area contributed by atoms with Crippen LogP contribution in [0, 0.1) is 15.5 Å². The van der Waals surface area contributed by atoms with Crippen LogP contribution in [0.4, 0.5) is 11.4 Å². The SMILES string of the molecule is CC(=N)/C(=N/Nc1ccc([N+](=O)[O-])cc1)C(=O)c1ccccc1. The van der Waals surface area contributed by atoms with Gasteiger partial charge in [0.1, 0.15) is 0 Å². The summed E-state index contributed by atoms with van der Waals surface area (Å²) in [7, 11) is 0. The minimum absolute atomic E-state index is 0.0189. The maximum Gasteiger partial charge on any atom is 0.269 e. The number of ketones is 1. The van der Waals surface area contributed by atoms with Gasteiger partial charge in [-0.2, -0.15) is 5.10 Å². The number of carbonyl (C=O) groups excluding carboxylic acids is 1. The number of carbonyl (C=O) groups is 1. The van der Waals surface area contributed by atoms with Gasteiger partial charge in [0, 0.05) is 17.7 Å². The van der Waals surface area contributed by atoms with E-state index in [1.807, 2.05) is 0 Å². The summed E-state index contributed by atoms with van der Waals surface area (Å²) < 4.78 is 0. The number of hydrazone groups is 1. The molecule has 0 spiro atoms. The number of hydrogen-bond donors (Lipinski definition) is 2. The monoisotopic (exact) mass is 310 g/mol. The Bertz CT molecular complexity index is 768. The Hall–Kier alpha value is -3.35. The maximum absolute atomic E-state index is 12.4. The zero-order chi connectivity index (χ0) is 16.8. The summed E-state index contributed by atoms with van der Waals surface area (Å²) in [6.07, 6.45) is 0. The highest BCUT2D eigenvalue weighted by Crippen LogP contribution is 2.15. The van der Waals surface area contributed by atoms with E-state index in [4.69, 9.17) is 5.41 Å². The second kappa shape index (κ2) is 7.08. The van der Waals surface area contributed by atoms with Crippen LogP contribution in [0.5, 0.6) is 0 Å². The van der Waals surface area contributed by atoms with Crippen molar-refractivity contribution in [3.05, 3.63) is 70.3 Å². The maximum atomic E-state index is 12.4. The summed E-state index contributed by atoms with van der Waals surface area (Å²) in [5.41, 5.74) is 3.53. The van der Waals surface area contributed by atoms with Crippen molar-refractivity contribution < 1.29 is 9.72 Å². The van der Waals surface area contributed by atoms with Gasteiger partial charge in [0.2, 0.25) is 5.78 Å². The third-order valence-corrected chi connectivity index (χ3v) is 2.98. The Balaban J connectivity index is 2.21. The highest BCUT2D eigenvalue weighted by Gasteiger charge is 2.16. The van der Waals surface area contributed by atoms with E-state index in [2.05, 4.69) is 10.5 Å². The zero-order valence-corrected chi connectivity index (χ0v) is 12.3. The lowest BCUT2D eigenvalue weighted by molar-refractivity contribution is -0.384. The quantitative estimate of drug-likeness (QED) is 0.369. The summed E-state index contributed by atoms with van der Waals surface area (Å²) in [6.45, 7) is 1.47. The fourth-order valence-corrected chi connectivity index (χ4v) is 1.81. The summed E-state index contributed by atoms with van der Waals surface area (Å²) in [6, 6.07) is 14.2. The van der Waals surface area contributed by atoms with Crippen molar-refractivity contribution in [3.63, 3.8) is 0 Å². The fraction of sp³-hybridized carbons (Fsp3) is 0.0625. The molecule has 0 aliphatic rings. The first-order valence-corrected chi connectivity index (χ1v) is 6.72. The number of non-ortho nitro benzene ring substituents is 1. The van der Waals surface area contributed by atoms with Crippen LogP contribution in [0.2, 0.25) is 0 Å². The Kier molecular flexibility index (Phi) is 4.93. The molecular formula is C16H14N4O3. The van der Waals surface area contributed by atoms with Crippen molar-refractivity contribution in [3.8, 4) is 0 Å². The van der Waals surface area contributed by atoms with Crippen LogP contribution in [-0.4, -0.2) is 22.1 Å². The molecule has 7 nitrogen and oxygen atoms in total. The topological polar surface area (TPSA) is 108 Å². The van der Waals surface area contributed by atoms with E-state index in [0.29, 0.717) is 11.3 Å². The molecule has 0 unspecified atom stereocenters. The first-order valence-electron chi connectivity index (χ1n) is 6.72. The normalized spacial score (nSPS) is 10.9. The van der Waals surface area contributed by atoms with E-state index < -0.39 is 4.92 Å². The number of benzene rings is 2. The minimum atomic E-state index is -0.501. The number of nitrogens with zero attached hydrogens (tertiary/aromatic N) is 2. The van der Waals surface area contributed by atoms with Gasteiger partial charge in [-0.3, -0.25) is 20.3 Å². The molecule has 0 aromatic heterocycles. The summed E-state index contributed by atoms with van der Waals surface area (Å²) in [4.78, 5) is 22.4. The second-order valence-electron chi connectivity index (χ2n) is 4.70. The van der Waals surface area contributed by atoms with Crippen LogP contribution in [0.25, 0.3) is 0 Å². The number of anilines is 1. The molecule has 0 heterocycles. The molecule has 23 heavy (non-hydrogen) atoms. The second-order valence-corrected chi connectivity index (χ2v) is 4.70. The first-order chi connectivity index (χ1) is 11.0. The van der Waals surface area contributed by atoms with Gasteiger partial charge in [0.05, 0.1) is 16.3 Å². The lowest BCUT2D eigenvalue weighted by atomic mass is 10.0. The molecule has 0 bridgehead atoms. The predicted octanol–water partition coefficient (Wildman–Crippen LogP) is 3.29. The number of nitro benzene ring substituents is 1. The molecule has 2 aromatic carbocycles. The van der Waals surface area contributed by atoms with Gasteiger partial charge in [-0.1, -0.05) is 30.3 Å². The van der Waals surface area contributed by atoms with Gasteiger partial charge < -0.3 is 5.41 Å². The Morgan fingerprint density at radius 3 is 2.26 bits per heavy atom. The predicted molar refractivity (Wildman–Crippen MR) is 88.3 cm³/mol. The van der Waals surface area contributed by atoms with Crippen LogP contribution < -0.4 is 5.43 Å². The highest BCUT2D eigenvalue weighted by molar-refractivity contribution is 6.69. The molecule has 0 saturated heterocycles. The lowest BCUT2D eigenvalue weighted by Crippen LogP contribution is -2.23. The van der Waals surface area contributed by atoms with E-state index in [-0.39, 0.29) is 22.9 Å². The van der Waals surface area contributed by atoms with Crippen LogP contribution in [0.3, 0.4) is 0 Å². The Morgan fingerprint density at radius 2 is 1.74 bits per heavy atom. The molecule has 0 radical (unpaired) electrons. The van der Waals surface area contributed by atoms with E-state index in [1.54, 1.807) is 30.3 Å². The number of hydrogen-bond acceptors (Lipinski definition) is 6. The molecule has 0 fully saturated rings. The van der Waals surface area contributed by atoms with Gasteiger partial charge in [-0.05, 0) is 19.1 Å². The van der Waals surface area contributed by atoms with Crippen LogP contribution >= 0.6 is 0 Å². The Morgan fingerprint density at radius 1 is 1.13 bits per heavy atom.